The predicted molar refractivity (Wildman–Crippen MR) is 67.0 cm³/mol. The first-order valence-electron chi connectivity index (χ1n) is 5.45. The maximum absolute atomic E-state index is 11.4. The van der Waals surface area contributed by atoms with E-state index in [4.69, 9.17) is 20.9 Å². The zero-order valence-electron chi connectivity index (χ0n) is 10.7. The highest BCUT2D eigenvalue weighted by molar-refractivity contribution is 5.93. The van der Waals surface area contributed by atoms with Crippen LogP contribution in [-0.4, -0.2) is 38.7 Å². The summed E-state index contributed by atoms with van der Waals surface area (Å²) in [7, 11) is 2.64. The minimum atomic E-state index is -0.946. The van der Waals surface area contributed by atoms with Gasteiger partial charge in [0, 0.05) is 12.1 Å². The molecule has 1 atom stereocenters. The lowest BCUT2D eigenvalue weighted by Gasteiger charge is -2.17. The highest BCUT2D eigenvalue weighted by atomic mass is 16.6. The number of hydrogen-bond acceptors (Lipinski definition) is 6. The van der Waals surface area contributed by atoms with Crippen molar-refractivity contribution in [3.8, 4) is 11.5 Å². The third-order valence-corrected chi connectivity index (χ3v) is 2.40. The highest BCUT2D eigenvalue weighted by Gasteiger charge is 2.21. The molecule has 4 N–H and O–H groups in total. The zero-order chi connectivity index (χ0) is 14.4. The number of ether oxygens (including phenoxy) is 3. The van der Waals surface area contributed by atoms with E-state index in [1.54, 1.807) is 0 Å². The number of hydrogen-bond donors (Lipinski definition) is 2. The molecule has 1 aromatic rings. The van der Waals surface area contributed by atoms with E-state index in [1.807, 2.05) is 0 Å². The van der Waals surface area contributed by atoms with E-state index in [0.29, 0.717) is 0 Å². The highest BCUT2D eigenvalue weighted by Crippen LogP contribution is 2.28. The number of benzene rings is 1. The first-order valence-corrected chi connectivity index (χ1v) is 5.45. The van der Waals surface area contributed by atoms with Crippen LogP contribution in [0, 0.1) is 0 Å². The maximum Gasteiger partial charge on any atom is 0.348 e. The number of esters is 1. The Morgan fingerprint density at radius 3 is 2.42 bits per heavy atom. The smallest absolute Gasteiger partial charge is 0.348 e. The summed E-state index contributed by atoms with van der Waals surface area (Å²) >= 11 is 0. The molecule has 0 aliphatic rings. The van der Waals surface area contributed by atoms with E-state index in [-0.39, 0.29) is 23.6 Å². The van der Waals surface area contributed by atoms with Gasteiger partial charge in [-0.2, -0.15) is 0 Å². The molecule has 7 heteroatoms. The monoisotopic (exact) mass is 268 g/mol. The van der Waals surface area contributed by atoms with Crippen LogP contribution < -0.4 is 20.9 Å². The molecule has 0 aliphatic carbocycles. The molecule has 0 fully saturated rings. The van der Waals surface area contributed by atoms with Gasteiger partial charge in [-0.1, -0.05) is 0 Å². The van der Waals surface area contributed by atoms with Crippen LogP contribution in [0.25, 0.3) is 0 Å². The Morgan fingerprint density at radius 2 is 1.95 bits per heavy atom. The standard InChI is InChI=1S/C12H16N2O5/c1-17-9-5-7(11(14)15)3-4-8(9)19-10(6-13)12(16)18-2/h3-5,10H,6,13H2,1-2H3,(H2,14,15). The van der Waals surface area contributed by atoms with Gasteiger partial charge in [-0.3, -0.25) is 4.79 Å². The molecular weight excluding hydrogens is 252 g/mol. The van der Waals surface area contributed by atoms with Gasteiger partial charge < -0.3 is 25.7 Å². The molecule has 0 bridgehead atoms. The van der Waals surface area contributed by atoms with Crippen LogP contribution in [0.1, 0.15) is 10.4 Å². The Morgan fingerprint density at radius 1 is 1.26 bits per heavy atom. The average molecular weight is 268 g/mol. The number of rotatable bonds is 6. The lowest BCUT2D eigenvalue weighted by Crippen LogP contribution is -2.36. The van der Waals surface area contributed by atoms with E-state index in [9.17, 15) is 9.59 Å². The molecular formula is C12H16N2O5. The van der Waals surface area contributed by atoms with Gasteiger partial charge in [0.05, 0.1) is 14.2 Å². The fourth-order valence-electron chi connectivity index (χ4n) is 1.40. The second kappa shape index (κ2) is 6.60. The Hall–Kier alpha value is -2.28. The molecule has 0 heterocycles. The summed E-state index contributed by atoms with van der Waals surface area (Å²) in [6.45, 7) is -0.0482. The first kappa shape index (κ1) is 14.8. The van der Waals surface area contributed by atoms with Crippen molar-refractivity contribution in [3.63, 3.8) is 0 Å². The van der Waals surface area contributed by atoms with Crippen LogP contribution >= 0.6 is 0 Å². The summed E-state index contributed by atoms with van der Waals surface area (Å²) in [4.78, 5) is 22.4. The van der Waals surface area contributed by atoms with Crippen molar-refractivity contribution >= 4 is 11.9 Å². The number of primary amides is 1. The van der Waals surface area contributed by atoms with Gasteiger partial charge in [0.25, 0.3) is 0 Å². The Balaban J connectivity index is 3.00. The van der Waals surface area contributed by atoms with Crippen LogP contribution in [0.2, 0.25) is 0 Å². The molecule has 0 spiro atoms. The van der Waals surface area contributed by atoms with Gasteiger partial charge in [0.1, 0.15) is 0 Å². The summed E-state index contributed by atoms with van der Waals surface area (Å²) in [6.07, 6.45) is -0.946. The van der Waals surface area contributed by atoms with Crippen LogP contribution in [0.15, 0.2) is 18.2 Å². The molecule has 1 rings (SSSR count). The largest absolute Gasteiger partial charge is 0.493 e. The van der Waals surface area contributed by atoms with Crippen molar-refractivity contribution in [1.29, 1.82) is 0 Å². The van der Waals surface area contributed by atoms with Crippen LogP contribution in [0.3, 0.4) is 0 Å². The average Bonchev–Trinajstić information content (AvgIpc) is 2.43. The summed E-state index contributed by atoms with van der Waals surface area (Å²) in [5, 5.41) is 0. The van der Waals surface area contributed by atoms with Gasteiger partial charge in [0.2, 0.25) is 12.0 Å². The minimum Gasteiger partial charge on any atom is -0.493 e. The second-order valence-electron chi connectivity index (χ2n) is 3.60. The van der Waals surface area contributed by atoms with Crippen LogP contribution in [-0.2, 0) is 9.53 Å². The normalized spacial score (nSPS) is 11.5. The molecule has 0 saturated carbocycles. The molecule has 7 nitrogen and oxygen atoms in total. The van der Waals surface area contributed by atoms with Crippen molar-refractivity contribution in [2.75, 3.05) is 20.8 Å². The van der Waals surface area contributed by atoms with Gasteiger partial charge >= 0.3 is 5.97 Å². The Bertz CT molecular complexity index is 475. The van der Waals surface area contributed by atoms with Gasteiger partial charge in [0.15, 0.2) is 11.5 Å². The zero-order valence-corrected chi connectivity index (χ0v) is 10.7. The summed E-state index contributed by atoms with van der Waals surface area (Å²) < 4.78 is 15.0. The second-order valence-corrected chi connectivity index (χ2v) is 3.60. The molecule has 0 saturated heterocycles. The van der Waals surface area contributed by atoms with Gasteiger partial charge in [-0.05, 0) is 18.2 Å². The third kappa shape index (κ3) is 3.59. The molecule has 0 aliphatic heterocycles. The quantitative estimate of drug-likeness (QED) is 0.683. The molecule has 1 aromatic carbocycles. The molecule has 104 valence electrons. The Kier molecular flexibility index (Phi) is 5.13. The van der Waals surface area contributed by atoms with Gasteiger partial charge in [-0.25, -0.2) is 4.79 Å². The number of nitrogens with two attached hydrogens (primary N) is 2. The molecule has 19 heavy (non-hydrogen) atoms. The Labute approximate surface area is 110 Å². The van der Waals surface area contributed by atoms with Crippen molar-refractivity contribution in [2.45, 2.75) is 6.10 Å². The fourth-order valence-corrected chi connectivity index (χ4v) is 1.40. The number of amides is 1. The molecule has 0 radical (unpaired) electrons. The number of methoxy groups -OCH3 is 2. The first-order chi connectivity index (χ1) is 9.03. The molecule has 1 amide bonds. The SMILES string of the molecule is COC(=O)C(CN)Oc1ccc(C(N)=O)cc1OC. The maximum atomic E-state index is 11.4. The van der Waals surface area contributed by atoms with E-state index in [0.717, 1.165) is 0 Å². The summed E-state index contributed by atoms with van der Waals surface area (Å²) in [6, 6.07) is 4.36. The minimum absolute atomic E-state index is 0.0482. The summed E-state index contributed by atoms with van der Waals surface area (Å²) in [5.74, 6) is -0.635. The number of carbonyl (C=O) groups excluding carboxylic acids is 2. The molecule has 0 aromatic heterocycles. The number of carbonyl (C=O) groups is 2. The lowest BCUT2D eigenvalue weighted by molar-refractivity contribution is -0.148. The van der Waals surface area contributed by atoms with Crippen LogP contribution in [0.4, 0.5) is 0 Å². The van der Waals surface area contributed by atoms with Crippen molar-refractivity contribution in [2.24, 2.45) is 11.5 Å². The van der Waals surface area contributed by atoms with Gasteiger partial charge in [-0.15, -0.1) is 0 Å². The van der Waals surface area contributed by atoms with Crippen molar-refractivity contribution < 1.29 is 23.8 Å². The van der Waals surface area contributed by atoms with E-state index >= 15 is 0 Å². The van der Waals surface area contributed by atoms with Crippen LogP contribution in [0.5, 0.6) is 11.5 Å². The van der Waals surface area contributed by atoms with E-state index < -0.39 is 18.0 Å². The van der Waals surface area contributed by atoms with Crippen molar-refractivity contribution in [1.82, 2.24) is 0 Å². The van der Waals surface area contributed by atoms with Crippen molar-refractivity contribution in [3.05, 3.63) is 23.8 Å². The third-order valence-electron chi connectivity index (χ3n) is 2.40. The summed E-state index contributed by atoms with van der Waals surface area (Å²) in [5.41, 5.74) is 10.9. The predicted octanol–water partition coefficient (Wildman–Crippen LogP) is -0.327. The topological polar surface area (TPSA) is 114 Å². The molecule has 1 unspecified atom stereocenters. The van der Waals surface area contributed by atoms with E-state index in [1.165, 1.54) is 32.4 Å². The fraction of sp³-hybridized carbons (Fsp3) is 0.333. The van der Waals surface area contributed by atoms with E-state index in [2.05, 4.69) is 4.74 Å². The lowest BCUT2D eigenvalue weighted by atomic mass is 10.2.